The van der Waals surface area contributed by atoms with Crippen LogP contribution in [0.3, 0.4) is 0 Å². The number of halogens is 1. The lowest BCUT2D eigenvalue weighted by Gasteiger charge is -2.24. The van der Waals surface area contributed by atoms with E-state index in [1.807, 2.05) is 0 Å². The van der Waals surface area contributed by atoms with E-state index >= 15 is 0 Å². The van der Waals surface area contributed by atoms with Gasteiger partial charge in [0.05, 0.1) is 6.26 Å². The Morgan fingerprint density at radius 3 is 2.39 bits per heavy atom. The van der Waals surface area contributed by atoms with Crippen molar-refractivity contribution in [2.24, 2.45) is 5.92 Å². The first-order valence-corrected chi connectivity index (χ1v) is 7.79. The Hall–Kier alpha value is -2.20. The van der Waals surface area contributed by atoms with Crippen LogP contribution in [-0.4, -0.2) is 17.3 Å². The first-order chi connectivity index (χ1) is 11.1. The van der Waals surface area contributed by atoms with E-state index in [0.29, 0.717) is 16.3 Å². The highest BCUT2D eigenvalue weighted by Gasteiger charge is 2.41. The van der Waals surface area contributed by atoms with E-state index in [1.165, 1.54) is 6.26 Å². The molecule has 4 nitrogen and oxygen atoms in total. The summed E-state index contributed by atoms with van der Waals surface area (Å²) in [5, 5.41) is 0.463. The quantitative estimate of drug-likeness (QED) is 0.806. The lowest BCUT2D eigenvalue weighted by molar-refractivity contribution is -0.142. The van der Waals surface area contributed by atoms with E-state index in [2.05, 4.69) is 0 Å². The van der Waals surface area contributed by atoms with Crippen LogP contribution >= 0.6 is 11.6 Å². The maximum absolute atomic E-state index is 12.4. The Kier molecular flexibility index (Phi) is 4.44. The standard InChI is InChI=1S/C18H15ClO4/c19-13-5-2-1-4-11(13)8-14(20)18-15(21)9-12(10-16(18)22)17-6-3-7-23-17/h1-7,12,18H,8-10H2. The summed E-state index contributed by atoms with van der Waals surface area (Å²) in [7, 11) is 0. The van der Waals surface area contributed by atoms with Crippen LogP contribution in [0.5, 0.6) is 0 Å². The molecule has 1 heterocycles. The molecule has 0 aliphatic heterocycles. The maximum Gasteiger partial charge on any atom is 0.155 e. The number of carbonyl (C=O) groups is 3. The van der Waals surface area contributed by atoms with Gasteiger partial charge in [-0.05, 0) is 23.8 Å². The van der Waals surface area contributed by atoms with Crippen LogP contribution in [0.25, 0.3) is 0 Å². The van der Waals surface area contributed by atoms with Crippen LogP contribution in [-0.2, 0) is 20.8 Å². The SMILES string of the molecule is O=C(Cc1ccccc1Cl)C1C(=O)CC(c2ccco2)CC1=O. The number of hydrogen-bond donors (Lipinski definition) is 0. The molecule has 1 aromatic carbocycles. The van der Waals surface area contributed by atoms with Gasteiger partial charge in [-0.15, -0.1) is 0 Å². The van der Waals surface area contributed by atoms with Crippen LogP contribution in [0.2, 0.25) is 5.02 Å². The van der Waals surface area contributed by atoms with Gasteiger partial charge in [0, 0.05) is 30.2 Å². The Balaban J connectivity index is 1.73. The minimum absolute atomic E-state index is 0.00671. The molecule has 0 radical (unpaired) electrons. The van der Waals surface area contributed by atoms with E-state index < -0.39 is 5.92 Å². The zero-order valence-corrected chi connectivity index (χ0v) is 13.1. The van der Waals surface area contributed by atoms with Crippen LogP contribution in [0.4, 0.5) is 0 Å². The molecule has 23 heavy (non-hydrogen) atoms. The monoisotopic (exact) mass is 330 g/mol. The summed E-state index contributed by atoms with van der Waals surface area (Å²) >= 11 is 6.04. The normalized spacial score (nSPS) is 21.4. The van der Waals surface area contributed by atoms with Crippen molar-refractivity contribution < 1.29 is 18.8 Å². The Morgan fingerprint density at radius 1 is 1.09 bits per heavy atom. The van der Waals surface area contributed by atoms with E-state index in [1.54, 1.807) is 36.4 Å². The van der Waals surface area contributed by atoms with Gasteiger partial charge in [0.15, 0.2) is 17.3 Å². The predicted octanol–water partition coefficient (Wildman–Crippen LogP) is 3.38. The molecule has 0 saturated heterocycles. The fourth-order valence-corrected chi connectivity index (χ4v) is 3.19. The summed E-state index contributed by atoms with van der Waals surface area (Å²) in [5.74, 6) is -1.87. The molecule has 1 aliphatic carbocycles. The number of Topliss-reactive ketones (excluding diaryl/α,β-unsaturated/α-hetero) is 3. The Morgan fingerprint density at radius 2 is 1.78 bits per heavy atom. The molecule has 1 saturated carbocycles. The van der Waals surface area contributed by atoms with Crippen molar-refractivity contribution in [1.82, 2.24) is 0 Å². The zero-order chi connectivity index (χ0) is 16.4. The molecular weight excluding hydrogens is 316 g/mol. The average molecular weight is 331 g/mol. The number of ketones is 3. The smallest absolute Gasteiger partial charge is 0.155 e. The molecule has 3 rings (SSSR count). The van der Waals surface area contributed by atoms with Crippen molar-refractivity contribution in [2.45, 2.75) is 25.2 Å². The molecule has 2 aromatic rings. The molecule has 0 amide bonds. The third kappa shape index (κ3) is 3.27. The lowest BCUT2D eigenvalue weighted by Crippen LogP contribution is -2.38. The molecule has 1 aromatic heterocycles. The Bertz CT molecular complexity index is 730. The van der Waals surface area contributed by atoms with Gasteiger partial charge in [0.25, 0.3) is 0 Å². The zero-order valence-electron chi connectivity index (χ0n) is 12.3. The van der Waals surface area contributed by atoms with E-state index in [0.717, 1.165) is 0 Å². The van der Waals surface area contributed by atoms with Gasteiger partial charge in [0.2, 0.25) is 0 Å². The average Bonchev–Trinajstić information content (AvgIpc) is 3.03. The second kappa shape index (κ2) is 6.50. The first-order valence-electron chi connectivity index (χ1n) is 7.41. The van der Waals surface area contributed by atoms with Crippen LogP contribution < -0.4 is 0 Å². The molecule has 0 spiro atoms. The van der Waals surface area contributed by atoms with Gasteiger partial charge in [-0.2, -0.15) is 0 Å². The summed E-state index contributed by atoms with van der Waals surface area (Å²) in [6, 6.07) is 10.4. The third-order valence-corrected chi connectivity index (χ3v) is 4.50. The fraction of sp³-hybridized carbons (Fsp3) is 0.278. The van der Waals surface area contributed by atoms with Gasteiger partial charge in [-0.25, -0.2) is 0 Å². The van der Waals surface area contributed by atoms with Crippen molar-refractivity contribution in [3.63, 3.8) is 0 Å². The van der Waals surface area contributed by atoms with Gasteiger partial charge < -0.3 is 4.42 Å². The van der Waals surface area contributed by atoms with Crippen molar-refractivity contribution in [3.8, 4) is 0 Å². The van der Waals surface area contributed by atoms with Gasteiger partial charge in [0.1, 0.15) is 11.7 Å². The van der Waals surface area contributed by atoms with Crippen LogP contribution in [0.15, 0.2) is 47.1 Å². The largest absolute Gasteiger partial charge is 0.469 e. The summed E-state index contributed by atoms with van der Waals surface area (Å²) in [5.41, 5.74) is 0.632. The summed E-state index contributed by atoms with van der Waals surface area (Å²) in [4.78, 5) is 37.0. The summed E-state index contributed by atoms with van der Waals surface area (Å²) in [6.45, 7) is 0. The van der Waals surface area contributed by atoms with Gasteiger partial charge in [-0.1, -0.05) is 29.8 Å². The third-order valence-electron chi connectivity index (χ3n) is 4.13. The molecule has 0 bridgehead atoms. The van der Waals surface area contributed by atoms with Crippen molar-refractivity contribution in [3.05, 3.63) is 59.0 Å². The fourth-order valence-electron chi connectivity index (χ4n) is 2.99. The molecular formula is C18H15ClO4. The molecule has 0 unspecified atom stereocenters. The first kappa shape index (κ1) is 15.7. The lowest BCUT2D eigenvalue weighted by atomic mass is 9.76. The number of hydrogen-bond acceptors (Lipinski definition) is 4. The molecule has 1 aliphatic rings. The number of benzene rings is 1. The Labute approximate surface area is 138 Å². The summed E-state index contributed by atoms with van der Waals surface area (Å²) in [6.07, 6.45) is 1.81. The van der Waals surface area contributed by atoms with Crippen molar-refractivity contribution in [1.29, 1.82) is 0 Å². The van der Waals surface area contributed by atoms with E-state index in [-0.39, 0.29) is 42.5 Å². The summed E-state index contributed by atoms with van der Waals surface area (Å²) < 4.78 is 5.27. The molecule has 5 heteroatoms. The molecule has 1 fully saturated rings. The van der Waals surface area contributed by atoms with Crippen molar-refractivity contribution >= 4 is 29.0 Å². The molecule has 118 valence electrons. The highest BCUT2D eigenvalue weighted by atomic mass is 35.5. The van der Waals surface area contributed by atoms with E-state index in [4.69, 9.17) is 16.0 Å². The van der Waals surface area contributed by atoms with Gasteiger partial charge >= 0.3 is 0 Å². The molecule has 0 atom stereocenters. The highest BCUT2D eigenvalue weighted by molar-refractivity contribution is 6.31. The maximum atomic E-state index is 12.4. The van der Waals surface area contributed by atoms with Crippen molar-refractivity contribution in [2.75, 3.05) is 0 Å². The number of carbonyl (C=O) groups excluding carboxylic acids is 3. The van der Waals surface area contributed by atoms with Crippen LogP contribution in [0, 0.1) is 5.92 Å². The minimum atomic E-state index is -1.17. The second-order valence-electron chi connectivity index (χ2n) is 5.72. The van der Waals surface area contributed by atoms with E-state index in [9.17, 15) is 14.4 Å². The van der Waals surface area contributed by atoms with Crippen LogP contribution in [0.1, 0.15) is 30.1 Å². The second-order valence-corrected chi connectivity index (χ2v) is 6.13. The predicted molar refractivity (Wildman–Crippen MR) is 84.4 cm³/mol. The molecule has 0 N–H and O–H groups in total. The van der Waals surface area contributed by atoms with Gasteiger partial charge in [-0.3, -0.25) is 14.4 Å². The minimum Gasteiger partial charge on any atom is -0.469 e. The number of furan rings is 1. The highest BCUT2D eigenvalue weighted by Crippen LogP contribution is 2.33. The topological polar surface area (TPSA) is 64.3 Å². The number of rotatable bonds is 4.